The summed E-state index contributed by atoms with van der Waals surface area (Å²) in [7, 11) is 0. The first kappa shape index (κ1) is 12.1. The molecule has 2 nitrogen and oxygen atoms in total. The molecule has 0 aromatic heterocycles. The fourth-order valence-corrected chi connectivity index (χ4v) is 3.56. The van der Waals surface area contributed by atoms with Gasteiger partial charge in [0.2, 0.25) is 0 Å². The molecular weight excluding hydrogens is 244 g/mol. The molecule has 0 saturated carbocycles. The van der Waals surface area contributed by atoms with Crippen molar-refractivity contribution in [3.05, 3.63) is 60.2 Å². The molecule has 2 heteroatoms. The van der Waals surface area contributed by atoms with Gasteiger partial charge in [-0.3, -0.25) is 4.90 Å². The molecule has 2 aliphatic heterocycles. The van der Waals surface area contributed by atoms with Crippen LogP contribution in [0.5, 0.6) is 0 Å². The van der Waals surface area contributed by atoms with Crippen LogP contribution in [0.4, 0.5) is 0 Å². The van der Waals surface area contributed by atoms with Gasteiger partial charge in [0.05, 0.1) is 0 Å². The molecule has 2 atom stereocenters. The van der Waals surface area contributed by atoms with Gasteiger partial charge in [-0.25, -0.2) is 0 Å². The Morgan fingerprint density at radius 2 is 1.85 bits per heavy atom. The summed E-state index contributed by atoms with van der Waals surface area (Å²) >= 11 is 0. The molecule has 2 aromatic carbocycles. The molecule has 0 unspecified atom stereocenters. The molecule has 0 radical (unpaired) electrons. The predicted octanol–water partition coefficient (Wildman–Crippen LogP) is 2.90. The second-order valence-corrected chi connectivity index (χ2v) is 5.99. The minimum absolute atomic E-state index is 0.734. The van der Waals surface area contributed by atoms with Gasteiger partial charge in [-0.15, -0.1) is 0 Å². The quantitative estimate of drug-likeness (QED) is 0.917. The average Bonchev–Trinajstić information content (AvgIpc) is 3.11. The van der Waals surface area contributed by atoms with E-state index in [0.717, 1.165) is 18.6 Å². The number of benzene rings is 2. The van der Waals surface area contributed by atoms with Gasteiger partial charge in [-0.05, 0) is 29.2 Å². The minimum atomic E-state index is 0.734. The maximum absolute atomic E-state index is 3.57. The molecule has 0 spiro atoms. The summed E-state index contributed by atoms with van der Waals surface area (Å²) in [6, 6.07) is 21.1. The topological polar surface area (TPSA) is 15.3 Å². The van der Waals surface area contributed by atoms with Gasteiger partial charge < -0.3 is 5.32 Å². The zero-order chi connectivity index (χ0) is 13.4. The van der Waals surface area contributed by atoms with Crippen molar-refractivity contribution in [2.45, 2.75) is 25.0 Å². The smallest absolute Gasteiger partial charge is 0.0240 e. The third-order valence-electron chi connectivity index (χ3n) is 4.59. The molecule has 2 heterocycles. The lowest BCUT2D eigenvalue weighted by molar-refractivity contribution is 0.218. The number of rotatable bonds is 3. The Morgan fingerprint density at radius 1 is 1.00 bits per heavy atom. The molecule has 4 rings (SSSR count). The van der Waals surface area contributed by atoms with E-state index in [2.05, 4.69) is 64.8 Å². The highest BCUT2D eigenvalue weighted by Gasteiger charge is 2.37. The molecule has 0 aliphatic carbocycles. The van der Waals surface area contributed by atoms with Crippen molar-refractivity contribution in [2.75, 3.05) is 13.1 Å². The highest BCUT2D eigenvalue weighted by Crippen LogP contribution is 2.26. The Hall–Kier alpha value is -1.64. The number of likely N-dealkylation sites (tertiary alicyclic amines) is 1. The number of fused-ring (bicyclic) bond motifs is 2. The number of piperazine rings is 1. The Labute approximate surface area is 120 Å². The predicted molar refractivity (Wildman–Crippen MR) is 82.5 cm³/mol. The van der Waals surface area contributed by atoms with Gasteiger partial charge in [-0.1, -0.05) is 48.5 Å². The first-order chi connectivity index (χ1) is 9.88. The SMILES string of the molecule is c1ccc(-c2cccc(CN3C[C@@H]4C[C@H]3CN4)c2)cc1. The van der Waals surface area contributed by atoms with Crippen molar-refractivity contribution >= 4 is 0 Å². The Kier molecular flexibility index (Phi) is 3.06. The number of hydrogen-bond donors (Lipinski definition) is 1. The third kappa shape index (κ3) is 2.26. The number of hydrogen-bond acceptors (Lipinski definition) is 2. The normalized spacial score (nSPS) is 25.2. The van der Waals surface area contributed by atoms with E-state index in [0.29, 0.717) is 0 Å². The van der Waals surface area contributed by atoms with E-state index in [1.54, 1.807) is 0 Å². The molecule has 2 aliphatic rings. The maximum atomic E-state index is 3.57. The van der Waals surface area contributed by atoms with Crippen LogP contribution in [0.3, 0.4) is 0 Å². The van der Waals surface area contributed by atoms with Gasteiger partial charge in [0.1, 0.15) is 0 Å². The molecule has 2 bridgehead atoms. The van der Waals surface area contributed by atoms with E-state index < -0.39 is 0 Å². The van der Waals surface area contributed by atoms with E-state index in [-0.39, 0.29) is 0 Å². The van der Waals surface area contributed by atoms with Crippen LogP contribution in [0, 0.1) is 0 Å². The van der Waals surface area contributed by atoms with E-state index >= 15 is 0 Å². The molecule has 102 valence electrons. The monoisotopic (exact) mass is 264 g/mol. The molecule has 20 heavy (non-hydrogen) atoms. The van der Waals surface area contributed by atoms with Crippen LogP contribution in [0.15, 0.2) is 54.6 Å². The molecule has 2 fully saturated rings. The van der Waals surface area contributed by atoms with E-state index in [1.807, 2.05) is 0 Å². The van der Waals surface area contributed by atoms with E-state index in [1.165, 1.54) is 36.2 Å². The summed E-state index contributed by atoms with van der Waals surface area (Å²) in [4.78, 5) is 2.63. The first-order valence-electron chi connectivity index (χ1n) is 7.50. The minimum Gasteiger partial charge on any atom is -0.311 e. The van der Waals surface area contributed by atoms with E-state index in [4.69, 9.17) is 0 Å². The van der Waals surface area contributed by atoms with Crippen LogP contribution in [0.25, 0.3) is 11.1 Å². The average molecular weight is 264 g/mol. The summed E-state index contributed by atoms with van der Waals surface area (Å²) in [5, 5.41) is 3.57. The summed E-state index contributed by atoms with van der Waals surface area (Å²) in [6.07, 6.45) is 1.33. The van der Waals surface area contributed by atoms with Crippen molar-refractivity contribution in [2.24, 2.45) is 0 Å². The Bertz CT molecular complexity index is 593. The molecule has 2 saturated heterocycles. The summed E-state index contributed by atoms with van der Waals surface area (Å²) < 4.78 is 0. The van der Waals surface area contributed by atoms with Crippen LogP contribution in [0.1, 0.15) is 12.0 Å². The molecule has 2 aromatic rings. The van der Waals surface area contributed by atoms with Gasteiger partial charge in [-0.2, -0.15) is 0 Å². The lowest BCUT2D eigenvalue weighted by Gasteiger charge is -2.27. The van der Waals surface area contributed by atoms with Crippen molar-refractivity contribution < 1.29 is 0 Å². The van der Waals surface area contributed by atoms with Crippen LogP contribution in [-0.4, -0.2) is 30.1 Å². The zero-order valence-corrected chi connectivity index (χ0v) is 11.6. The lowest BCUT2D eigenvalue weighted by Crippen LogP contribution is -2.42. The van der Waals surface area contributed by atoms with Crippen LogP contribution in [-0.2, 0) is 6.54 Å². The largest absolute Gasteiger partial charge is 0.311 e. The van der Waals surface area contributed by atoms with Crippen molar-refractivity contribution in [3.63, 3.8) is 0 Å². The van der Waals surface area contributed by atoms with Crippen LogP contribution >= 0.6 is 0 Å². The summed E-state index contributed by atoms with van der Waals surface area (Å²) in [5.41, 5.74) is 4.06. The fourth-order valence-electron chi connectivity index (χ4n) is 3.56. The summed E-state index contributed by atoms with van der Waals surface area (Å²) in [6.45, 7) is 3.47. The number of nitrogens with one attached hydrogen (secondary N) is 1. The van der Waals surface area contributed by atoms with Crippen molar-refractivity contribution in [3.8, 4) is 11.1 Å². The highest BCUT2D eigenvalue weighted by atomic mass is 15.3. The van der Waals surface area contributed by atoms with Crippen LogP contribution < -0.4 is 5.32 Å². The fraction of sp³-hybridized carbons (Fsp3) is 0.333. The Balaban J connectivity index is 1.54. The van der Waals surface area contributed by atoms with Gasteiger partial charge in [0.15, 0.2) is 0 Å². The standard InChI is InChI=1S/C18H20N2/c1-2-6-15(7-3-1)16-8-4-5-14(9-16)12-20-13-17-10-18(20)11-19-17/h1-9,17-19H,10-13H2/t17-,18-/m0/s1. The van der Waals surface area contributed by atoms with Gasteiger partial charge >= 0.3 is 0 Å². The molecular formula is C18H20N2. The van der Waals surface area contributed by atoms with E-state index in [9.17, 15) is 0 Å². The number of nitrogens with zero attached hydrogens (tertiary/aromatic N) is 1. The van der Waals surface area contributed by atoms with Crippen molar-refractivity contribution in [1.82, 2.24) is 10.2 Å². The highest BCUT2D eigenvalue weighted by molar-refractivity contribution is 5.63. The zero-order valence-electron chi connectivity index (χ0n) is 11.6. The molecule has 0 amide bonds. The van der Waals surface area contributed by atoms with Crippen LogP contribution in [0.2, 0.25) is 0 Å². The first-order valence-corrected chi connectivity index (χ1v) is 7.50. The summed E-state index contributed by atoms with van der Waals surface area (Å²) in [5.74, 6) is 0. The maximum Gasteiger partial charge on any atom is 0.0240 e. The van der Waals surface area contributed by atoms with Gasteiger partial charge in [0.25, 0.3) is 0 Å². The second kappa shape index (κ2) is 5.04. The van der Waals surface area contributed by atoms with Crippen molar-refractivity contribution in [1.29, 1.82) is 0 Å². The van der Waals surface area contributed by atoms with Gasteiger partial charge in [0, 0.05) is 31.7 Å². The third-order valence-corrected chi connectivity index (χ3v) is 4.59. The second-order valence-electron chi connectivity index (χ2n) is 5.99. The lowest BCUT2D eigenvalue weighted by atomic mass is 10.0. The Morgan fingerprint density at radius 3 is 2.60 bits per heavy atom. The molecule has 1 N–H and O–H groups in total.